The fraction of sp³-hybridized carbons (Fsp3) is 0.500. The van der Waals surface area contributed by atoms with Crippen LogP contribution < -0.4 is 15.4 Å². The fourth-order valence-electron chi connectivity index (χ4n) is 1.61. The summed E-state index contributed by atoms with van der Waals surface area (Å²) in [6.07, 6.45) is 0.798. The molecule has 1 aromatic carbocycles. The number of nitrogens with one attached hydrogen (secondary N) is 2. The molecule has 5 heteroatoms. The molecule has 0 spiro atoms. The van der Waals surface area contributed by atoms with Gasteiger partial charge in [-0.15, -0.1) is 0 Å². The standard InChI is InChI=1S/C14H22N2O3/c1-4-19-9-5-8-15-14(17)16-12-10-11(2)6-7-13(12)18-3/h6-7,10H,4-5,8-9H2,1-3H3,(H2,15,16,17). The molecule has 0 aliphatic rings. The predicted molar refractivity (Wildman–Crippen MR) is 75.9 cm³/mol. The summed E-state index contributed by atoms with van der Waals surface area (Å²) in [6.45, 7) is 5.85. The third-order valence-corrected chi connectivity index (χ3v) is 2.56. The number of ether oxygens (including phenoxy) is 2. The first-order chi connectivity index (χ1) is 9.17. The first-order valence-corrected chi connectivity index (χ1v) is 6.44. The minimum absolute atomic E-state index is 0.236. The van der Waals surface area contributed by atoms with Crippen LogP contribution in [-0.4, -0.2) is 32.9 Å². The predicted octanol–water partition coefficient (Wildman–Crippen LogP) is 2.55. The van der Waals surface area contributed by atoms with E-state index in [4.69, 9.17) is 9.47 Å². The molecule has 106 valence electrons. The number of carbonyl (C=O) groups is 1. The van der Waals surface area contributed by atoms with Crippen molar-refractivity contribution in [2.24, 2.45) is 0 Å². The molecule has 0 aromatic heterocycles. The number of rotatable bonds is 7. The van der Waals surface area contributed by atoms with Gasteiger partial charge in [-0.05, 0) is 38.0 Å². The molecule has 19 heavy (non-hydrogen) atoms. The summed E-state index contributed by atoms with van der Waals surface area (Å²) < 4.78 is 10.4. The monoisotopic (exact) mass is 266 g/mol. The van der Waals surface area contributed by atoms with Crippen LogP contribution in [0.15, 0.2) is 18.2 Å². The number of methoxy groups -OCH3 is 1. The summed E-state index contributed by atoms with van der Waals surface area (Å²) in [6, 6.07) is 5.41. The molecule has 5 nitrogen and oxygen atoms in total. The van der Waals surface area contributed by atoms with E-state index in [-0.39, 0.29) is 6.03 Å². The highest BCUT2D eigenvalue weighted by atomic mass is 16.5. The summed E-state index contributed by atoms with van der Waals surface area (Å²) in [5.74, 6) is 0.648. The smallest absolute Gasteiger partial charge is 0.319 e. The van der Waals surface area contributed by atoms with E-state index in [1.54, 1.807) is 7.11 Å². The van der Waals surface area contributed by atoms with Gasteiger partial charge in [0.1, 0.15) is 5.75 Å². The number of amides is 2. The van der Waals surface area contributed by atoms with Crippen molar-refractivity contribution in [3.63, 3.8) is 0 Å². The minimum Gasteiger partial charge on any atom is -0.495 e. The maximum absolute atomic E-state index is 11.7. The summed E-state index contributed by atoms with van der Waals surface area (Å²) in [5, 5.41) is 5.55. The van der Waals surface area contributed by atoms with Crippen molar-refractivity contribution in [2.45, 2.75) is 20.3 Å². The lowest BCUT2D eigenvalue weighted by Gasteiger charge is -2.11. The number of urea groups is 1. The van der Waals surface area contributed by atoms with E-state index in [1.165, 1.54) is 0 Å². The first kappa shape index (κ1) is 15.3. The SMILES string of the molecule is CCOCCCNC(=O)Nc1cc(C)ccc1OC. The molecule has 0 radical (unpaired) electrons. The van der Waals surface area contributed by atoms with Gasteiger partial charge < -0.3 is 20.1 Å². The van der Waals surface area contributed by atoms with E-state index >= 15 is 0 Å². The highest BCUT2D eigenvalue weighted by Gasteiger charge is 2.06. The Kier molecular flexibility index (Phi) is 6.74. The van der Waals surface area contributed by atoms with Crippen LogP contribution in [0.3, 0.4) is 0 Å². The van der Waals surface area contributed by atoms with Crippen molar-refractivity contribution in [3.8, 4) is 5.75 Å². The number of aryl methyl sites for hydroxylation is 1. The normalized spacial score (nSPS) is 10.1. The molecule has 0 bridgehead atoms. The van der Waals surface area contributed by atoms with Gasteiger partial charge in [0.25, 0.3) is 0 Å². The Balaban J connectivity index is 2.41. The maximum atomic E-state index is 11.7. The van der Waals surface area contributed by atoms with Crippen LogP contribution >= 0.6 is 0 Å². The molecule has 0 atom stereocenters. The second-order valence-electron chi connectivity index (χ2n) is 4.14. The van der Waals surface area contributed by atoms with Crippen molar-refractivity contribution in [1.29, 1.82) is 0 Å². The van der Waals surface area contributed by atoms with Gasteiger partial charge >= 0.3 is 6.03 Å². The van der Waals surface area contributed by atoms with E-state index < -0.39 is 0 Å². The van der Waals surface area contributed by atoms with Crippen LogP contribution in [0, 0.1) is 6.92 Å². The molecular weight excluding hydrogens is 244 g/mol. The number of carbonyl (C=O) groups excluding carboxylic acids is 1. The van der Waals surface area contributed by atoms with Gasteiger partial charge in [-0.3, -0.25) is 0 Å². The number of hydrogen-bond acceptors (Lipinski definition) is 3. The summed E-state index contributed by atoms with van der Waals surface area (Å²) in [5.41, 5.74) is 1.73. The van der Waals surface area contributed by atoms with Crippen LogP contribution in [0.25, 0.3) is 0 Å². The molecule has 0 heterocycles. The van der Waals surface area contributed by atoms with Gasteiger partial charge in [0.05, 0.1) is 12.8 Å². The molecule has 2 amide bonds. The Morgan fingerprint density at radius 3 is 2.84 bits per heavy atom. The lowest BCUT2D eigenvalue weighted by Crippen LogP contribution is -2.30. The van der Waals surface area contributed by atoms with Crippen LogP contribution in [0.4, 0.5) is 10.5 Å². The van der Waals surface area contributed by atoms with Crippen LogP contribution in [0.5, 0.6) is 5.75 Å². The van der Waals surface area contributed by atoms with E-state index in [0.717, 1.165) is 12.0 Å². The van der Waals surface area contributed by atoms with Crippen LogP contribution in [0.1, 0.15) is 18.9 Å². The Morgan fingerprint density at radius 2 is 2.16 bits per heavy atom. The van der Waals surface area contributed by atoms with Gasteiger partial charge in [0.2, 0.25) is 0 Å². The zero-order valence-electron chi connectivity index (χ0n) is 11.8. The highest BCUT2D eigenvalue weighted by Crippen LogP contribution is 2.24. The molecule has 1 rings (SSSR count). The summed E-state index contributed by atoms with van der Waals surface area (Å²) >= 11 is 0. The lowest BCUT2D eigenvalue weighted by atomic mass is 10.2. The van der Waals surface area contributed by atoms with Crippen molar-refractivity contribution >= 4 is 11.7 Å². The van der Waals surface area contributed by atoms with Crippen LogP contribution in [-0.2, 0) is 4.74 Å². The molecule has 0 saturated carbocycles. The van der Waals surface area contributed by atoms with E-state index in [0.29, 0.717) is 31.2 Å². The van der Waals surface area contributed by atoms with Crippen molar-refractivity contribution in [2.75, 3.05) is 32.2 Å². The van der Waals surface area contributed by atoms with Gasteiger partial charge in [-0.25, -0.2) is 4.79 Å². The molecule has 0 fully saturated rings. The molecule has 1 aromatic rings. The maximum Gasteiger partial charge on any atom is 0.319 e. The van der Waals surface area contributed by atoms with Crippen molar-refractivity contribution in [3.05, 3.63) is 23.8 Å². The second kappa shape index (κ2) is 8.37. The Labute approximate surface area is 114 Å². The zero-order valence-corrected chi connectivity index (χ0v) is 11.8. The van der Waals surface area contributed by atoms with E-state index in [2.05, 4.69) is 10.6 Å². The largest absolute Gasteiger partial charge is 0.495 e. The van der Waals surface area contributed by atoms with Crippen molar-refractivity contribution < 1.29 is 14.3 Å². The molecule has 0 aliphatic carbocycles. The van der Waals surface area contributed by atoms with Gasteiger partial charge in [0.15, 0.2) is 0 Å². The van der Waals surface area contributed by atoms with Crippen molar-refractivity contribution in [1.82, 2.24) is 5.32 Å². The Bertz CT molecular complexity index is 408. The molecule has 0 saturated heterocycles. The molecular formula is C14H22N2O3. The number of hydrogen-bond donors (Lipinski definition) is 2. The Morgan fingerprint density at radius 1 is 1.37 bits per heavy atom. The molecule has 2 N–H and O–H groups in total. The topological polar surface area (TPSA) is 59.6 Å². The number of benzene rings is 1. The van der Waals surface area contributed by atoms with Crippen LogP contribution in [0.2, 0.25) is 0 Å². The highest BCUT2D eigenvalue weighted by molar-refractivity contribution is 5.91. The van der Waals surface area contributed by atoms with Gasteiger partial charge in [-0.1, -0.05) is 6.07 Å². The fourth-order valence-corrected chi connectivity index (χ4v) is 1.61. The number of anilines is 1. The Hall–Kier alpha value is -1.75. The van der Waals surface area contributed by atoms with Gasteiger partial charge in [0, 0.05) is 19.8 Å². The lowest BCUT2D eigenvalue weighted by molar-refractivity contribution is 0.145. The summed E-state index contributed by atoms with van der Waals surface area (Å²) in [4.78, 5) is 11.7. The zero-order chi connectivity index (χ0) is 14.1. The third-order valence-electron chi connectivity index (χ3n) is 2.56. The van der Waals surface area contributed by atoms with Gasteiger partial charge in [-0.2, -0.15) is 0 Å². The molecule has 0 unspecified atom stereocenters. The average Bonchev–Trinajstić information content (AvgIpc) is 2.39. The minimum atomic E-state index is -0.236. The van der Waals surface area contributed by atoms with E-state index in [9.17, 15) is 4.79 Å². The second-order valence-corrected chi connectivity index (χ2v) is 4.14. The quantitative estimate of drug-likeness (QED) is 0.746. The summed E-state index contributed by atoms with van der Waals surface area (Å²) in [7, 11) is 1.58. The molecule has 0 aliphatic heterocycles. The van der Waals surface area contributed by atoms with E-state index in [1.807, 2.05) is 32.0 Å². The average molecular weight is 266 g/mol. The first-order valence-electron chi connectivity index (χ1n) is 6.44. The third kappa shape index (κ3) is 5.61.